The fourth-order valence-electron chi connectivity index (χ4n) is 2.48. The first-order valence-corrected chi connectivity index (χ1v) is 6.64. The van der Waals surface area contributed by atoms with Crippen molar-refractivity contribution in [1.29, 1.82) is 0 Å². The number of phenols is 1. The SMILES string of the molecule is CC(C)C1CCN(Cc2cccc(Cl)c2O)C1. The third-order valence-electron chi connectivity index (χ3n) is 3.72. The second kappa shape index (κ2) is 5.28. The lowest BCUT2D eigenvalue weighted by Crippen LogP contribution is -2.21. The van der Waals surface area contributed by atoms with Gasteiger partial charge in [-0.25, -0.2) is 0 Å². The van der Waals surface area contributed by atoms with Crippen LogP contribution in [0.4, 0.5) is 0 Å². The summed E-state index contributed by atoms with van der Waals surface area (Å²) in [5.74, 6) is 1.77. The molecule has 1 saturated heterocycles. The van der Waals surface area contributed by atoms with Crippen LogP contribution in [0.1, 0.15) is 25.8 Å². The molecule has 1 aromatic carbocycles. The number of rotatable bonds is 3. The topological polar surface area (TPSA) is 23.5 Å². The minimum atomic E-state index is 0.238. The van der Waals surface area contributed by atoms with E-state index in [-0.39, 0.29) is 5.75 Å². The second-order valence-corrected chi connectivity index (χ2v) is 5.68. The van der Waals surface area contributed by atoms with Crippen LogP contribution in [-0.2, 0) is 6.54 Å². The Hall–Kier alpha value is -0.730. The van der Waals surface area contributed by atoms with Crippen LogP contribution < -0.4 is 0 Å². The van der Waals surface area contributed by atoms with E-state index in [0.29, 0.717) is 5.02 Å². The molecular formula is C14H20ClNO. The van der Waals surface area contributed by atoms with Crippen LogP contribution in [0.3, 0.4) is 0 Å². The van der Waals surface area contributed by atoms with Crippen LogP contribution in [0.2, 0.25) is 5.02 Å². The van der Waals surface area contributed by atoms with Gasteiger partial charge in [0.05, 0.1) is 5.02 Å². The van der Waals surface area contributed by atoms with Crippen molar-refractivity contribution in [2.24, 2.45) is 11.8 Å². The van der Waals surface area contributed by atoms with Crippen LogP contribution in [0.15, 0.2) is 18.2 Å². The Balaban J connectivity index is 2.00. The Bertz CT molecular complexity index is 392. The highest BCUT2D eigenvalue weighted by atomic mass is 35.5. The summed E-state index contributed by atoms with van der Waals surface area (Å²) >= 11 is 5.91. The van der Waals surface area contributed by atoms with E-state index in [0.717, 1.165) is 37.0 Å². The zero-order valence-corrected chi connectivity index (χ0v) is 11.2. The molecule has 0 aliphatic carbocycles. The molecule has 0 saturated carbocycles. The van der Waals surface area contributed by atoms with E-state index in [2.05, 4.69) is 18.7 Å². The van der Waals surface area contributed by atoms with Crippen LogP contribution in [-0.4, -0.2) is 23.1 Å². The van der Waals surface area contributed by atoms with E-state index in [1.165, 1.54) is 6.42 Å². The smallest absolute Gasteiger partial charge is 0.138 e. The second-order valence-electron chi connectivity index (χ2n) is 5.28. The normalized spacial score (nSPS) is 21.3. The van der Waals surface area contributed by atoms with Crippen molar-refractivity contribution in [3.8, 4) is 5.75 Å². The number of nitrogens with zero attached hydrogens (tertiary/aromatic N) is 1. The van der Waals surface area contributed by atoms with E-state index in [4.69, 9.17) is 11.6 Å². The average Bonchev–Trinajstić information content (AvgIpc) is 2.73. The maximum absolute atomic E-state index is 9.87. The van der Waals surface area contributed by atoms with Crippen molar-refractivity contribution in [2.45, 2.75) is 26.8 Å². The molecule has 1 heterocycles. The van der Waals surface area contributed by atoms with Crippen molar-refractivity contribution < 1.29 is 5.11 Å². The van der Waals surface area contributed by atoms with Crippen molar-refractivity contribution in [1.82, 2.24) is 4.90 Å². The Labute approximate surface area is 108 Å². The molecule has 3 heteroatoms. The van der Waals surface area contributed by atoms with Gasteiger partial charge >= 0.3 is 0 Å². The molecule has 94 valence electrons. The van der Waals surface area contributed by atoms with E-state index < -0.39 is 0 Å². The Kier molecular flexibility index (Phi) is 3.95. The van der Waals surface area contributed by atoms with Gasteiger partial charge in [-0.1, -0.05) is 37.6 Å². The van der Waals surface area contributed by atoms with Gasteiger partial charge < -0.3 is 5.11 Å². The van der Waals surface area contributed by atoms with Gasteiger partial charge in [0.2, 0.25) is 0 Å². The Morgan fingerprint density at radius 1 is 1.47 bits per heavy atom. The van der Waals surface area contributed by atoms with E-state index in [9.17, 15) is 5.11 Å². The zero-order chi connectivity index (χ0) is 12.4. The van der Waals surface area contributed by atoms with Crippen LogP contribution in [0.25, 0.3) is 0 Å². The summed E-state index contributed by atoms with van der Waals surface area (Å²) in [7, 11) is 0. The lowest BCUT2D eigenvalue weighted by Gasteiger charge is -2.18. The minimum Gasteiger partial charge on any atom is -0.506 e. The van der Waals surface area contributed by atoms with Gasteiger partial charge in [0.15, 0.2) is 0 Å². The van der Waals surface area contributed by atoms with Gasteiger partial charge in [0, 0.05) is 18.7 Å². The molecule has 1 N–H and O–H groups in total. The van der Waals surface area contributed by atoms with Crippen molar-refractivity contribution in [3.63, 3.8) is 0 Å². The molecule has 1 aromatic rings. The first-order chi connectivity index (χ1) is 8.08. The number of aromatic hydroxyl groups is 1. The molecule has 0 radical (unpaired) electrons. The average molecular weight is 254 g/mol. The summed E-state index contributed by atoms with van der Waals surface area (Å²) in [4.78, 5) is 2.40. The third-order valence-corrected chi connectivity index (χ3v) is 4.02. The summed E-state index contributed by atoms with van der Waals surface area (Å²) in [6, 6.07) is 5.57. The number of hydrogen-bond acceptors (Lipinski definition) is 2. The zero-order valence-electron chi connectivity index (χ0n) is 10.5. The monoisotopic (exact) mass is 253 g/mol. The Morgan fingerprint density at radius 2 is 2.24 bits per heavy atom. The molecule has 1 fully saturated rings. The largest absolute Gasteiger partial charge is 0.506 e. The van der Waals surface area contributed by atoms with Crippen molar-refractivity contribution in [2.75, 3.05) is 13.1 Å². The number of likely N-dealkylation sites (tertiary alicyclic amines) is 1. The molecule has 1 aliphatic heterocycles. The quantitative estimate of drug-likeness (QED) is 0.891. The number of phenolic OH excluding ortho intramolecular Hbond substituents is 1. The highest BCUT2D eigenvalue weighted by Crippen LogP contribution is 2.30. The maximum atomic E-state index is 9.87. The van der Waals surface area contributed by atoms with E-state index >= 15 is 0 Å². The molecule has 2 rings (SSSR count). The van der Waals surface area contributed by atoms with Crippen LogP contribution >= 0.6 is 11.6 Å². The van der Waals surface area contributed by atoms with E-state index in [1.807, 2.05) is 12.1 Å². The molecule has 0 spiro atoms. The predicted octanol–water partition coefficient (Wildman–Crippen LogP) is 3.52. The molecule has 0 amide bonds. The molecule has 17 heavy (non-hydrogen) atoms. The molecule has 0 bridgehead atoms. The maximum Gasteiger partial charge on any atom is 0.138 e. The summed E-state index contributed by atoms with van der Waals surface area (Å²) in [6.45, 7) is 7.62. The molecule has 2 nitrogen and oxygen atoms in total. The van der Waals surface area contributed by atoms with Crippen molar-refractivity contribution in [3.05, 3.63) is 28.8 Å². The number of halogens is 1. The molecule has 1 unspecified atom stereocenters. The lowest BCUT2D eigenvalue weighted by atomic mass is 9.95. The van der Waals surface area contributed by atoms with Crippen molar-refractivity contribution >= 4 is 11.6 Å². The summed E-state index contributed by atoms with van der Waals surface area (Å²) in [6.07, 6.45) is 1.26. The minimum absolute atomic E-state index is 0.238. The standard InChI is InChI=1S/C14H20ClNO/c1-10(2)11-6-7-16(8-11)9-12-4-3-5-13(15)14(12)17/h3-5,10-11,17H,6-9H2,1-2H3. The molecule has 1 atom stereocenters. The fourth-order valence-corrected chi connectivity index (χ4v) is 2.67. The summed E-state index contributed by atoms with van der Waals surface area (Å²) in [5, 5.41) is 10.3. The highest BCUT2D eigenvalue weighted by Gasteiger charge is 2.25. The van der Waals surface area contributed by atoms with Gasteiger partial charge in [-0.15, -0.1) is 0 Å². The summed E-state index contributed by atoms with van der Waals surface area (Å²) in [5.41, 5.74) is 0.932. The van der Waals surface area contributed by atoms with E-state index in [1.54, 1.807) is 6.07 Å². The number of para-hydroxylation sites is 1. The number of hydrogen-bond donors (Lipinski definition) is 1. The lowest BCUT2D eigenvalue weighted by molar-refractivity contribution is 0.292. The molecular weight excluding hydrogens is 234 g/mol. The third kappa shape index (κ3) is 2.93. The van der Waals surface area contributed by atoms with Crippen LogP contribution in [0.5, 0.6) is 5.75 Å². The van der Waals surface area contributed by atoms with Gasteiger partial charge in [0.25, 0.3) is 0 Å². The van der Waals surface area contributed by atoms with Gasteiger partial charge in [-0.3, -0.25) is 4.90 Å². The summed E-state index contributed by atoms with van der Waals surface area (Å²) < 4.78 is 0. The van der Waals surface area contributed by atoms with Gasteiger partial charge in [-0.2, -0.15) is 0 Å². The van der Waals surface area contributed by atoms with Crippen LogP contribution in [0, 0.1) is 11.8 Å². The molecule has 0 aromatic heterocycles. The molecule has 1 aliphatic rings. The first-order valence-electron chi connectivity index (χ1n) is 6.26. The van der Waals surface area contributed by atoms with Gasteiger partial charge in [0.1, 0.15) is 5.75 Å². The van der Waals surface area contributed by atoms with Gasteiger partial charge in [-0.05, 0) is 30.9 Å². The predicted molar refractivity (Wildman–Crippen MR) is 71.3 cm³/mol. The fraction of sp³-hybridized carbons (Fsp3) is 0.571. The number of benzene rings is 1. The Morgan fingerprint density at radius 3 is 2.88 bits per heavy atom. The highest BCUT2D eigenvalue weighted by molar-refractivity contribution is 6.32. The first kappa shape index (κ1) is 12.7.